The normalized spacial score (nSPS) is 19.0. The summed E-state index contributed by atoms with van der Waals surface area (Å²) in [6.45, 7) is 11.6. The van der Waals surface area contributed by atoms with Crippen LogP contribution < -0.4 is 11.1 Å². The summed E-state index contributed by atoms with van der Waals surface area (Å²) in [6, 6.07) is 0. The van der Waals surface area contributed by atoms with Crippen LogP contribution >= 0.6 is 24.8 Å². The molecule has 3 N–H and O–H groups in total. The van der Waals surface area contributed by atoms with Crippen LogP contribution in [0.1, 0.15) is 27.7 Å². The average Bonchev–Trinajstić information content (AvgIpc) is 2.14. The third-order valence-corrected chi connectivity index (χ3v) is 2.80. The topological polar surface area (TPSA) is 67.6 Å². The largest absolute Gasteiger partial charge is 0.373 e. The second-order valence-corrected chi connectivity index (χ2v) is 5.86. The molecule has 7 heteroatoms. The number of ether oxygens (including phenoxy) is 1. The fraction of sp³-hybridized carbons (Fsp3) is 0.917. The van der Waals surface area contributed by atoms with Crippen LogP contribution in [-0.2, 0) is 9.53 Å². The Hall–Kier alpha value is -0.0700. The number of nitrogens with one attached hydrogen (secondary N) is 1. The van der Waals surface area contributed by atoms with Crippen molar-refractivity contribution >= 4 is 30.7 Å². The van der Waals surface area contributed by atoms with Crippen molar-refractivity contribution < 1.29 is 9.53 Å². The molecule has 5 nitrogen and oxygen atoms in total. The standard InChI is InChI=1S/C12H25N3O2.2ClH/c1-11(2)9-15(7-8-17-11)6-5-14-10(16)12(3,4)13;;/h5-9,13H2,1-4H3,(H,14,16);2*1H. The van der Waals surface area contributed by atoms with Gasteiger partial charge in [0.15, 0.2) is 0 Å². The molecule has 116 valence electrons. The fourth-order valence-corrected chi connectivity index (χ4v) is 1.86. The summed E-state index contributed by atoms with van der Waals surface area (Å²) in [5, 5.41) is 2.85. The molecule has 1 amide bonds. The van der Waals surface area contributed by atoms with Gasteiger partial charge in [0.2, 0.25) is 5.91 Å². The van der Waals surface area contributed by atoms with E-state index in [2.05, 4.69) is 24.1 Å². The Labute approximate surface area is 128 Å². The number of carbonyl (C=O) groups excluding carboxylic acids is 1. The van der Waals surface area contributed by atoms with E-state index in [1.807, 2.05) is 0 Å². The Morgan fingerprint density at radius 2 is 2.00 bits per heavy atom. The number of nitrogens with two attached hydrogens (primary N) is 1. The van der Waals surface area contributed by atoms with Gasteiger partial charge in [0.1, 0.15) is 0 Å². The zero-order chi connectivity index (χ0) is 13.1. The lowest BCUT2D eigenvalue weighted by atomic mass is 10.1. The predicted molar refractivity (Wildman–Crippen MR) is 82.2 cm³/mol. The maximum Gasteiger partial charge on any atom is 0.239 e. The number of halogens is 2. The number of morpholine rings is 1. The molecule has 0 bridgehead atoms. The van der Waals surface area contributed by atoms with Crippen LogP contribution in [0, 0.1) is 0 Å². The Morgan fingerprint density at radius 3 is 2.47 bits per heavy atom. The summed E-state index contributed by atoms with van der Waals surface area (Å²) in [4.78, 5) is 13.9. The molecule has 0 aromatic carbocycles. The molecule has 0 aromatic rings. The second kappa shape index (κ2) is 8.27. The van der Waals surface area contributed by atoms with Crippen LogP contribution in [0.2, 0.25) is 0 Å². The van der Waals surface area contributed by atoms with E-state index < -0.39 is 5.54 Å². The highest BCUT2D eigenvalue weighted by Gasteiger charge is 2.27. The van der Waals surface area contributed by atoms with Gasteiger partial charge in [-0.05, 0) is 27.7 Å². The first-order valence-corrected chi connectivity index (χ1v) is 6.14. The Kier molecular flexibility index (Phi) is 9.24. The lowest BCUT2D eigenvalue weighted by Crippen LogP contribution is -2.53. The first-order valence-electron chi connectivity index (χ1n) is 6.14. The third-order valence-electron chi connectivity index (χ3n) is 2.80. The van der Waals surface area contributed by atoms with Crippen molar-refractivity contribution in [2.75, 3.05) is 32.8 Å². The SMILES string of the molecule is CC1(C)CN(CCNC(=O)C(C)(C)N)CCO1.Cl.Cl. The second-order valence-electron chi connectivity index (χ2n) is 5.86. The van der Waals surface area contributed by atoms with Crippen molar-refractivity contribution in [3.05, 3.63) is 0 Å². The molecule has 19 heavy (non-hydrogen) atoms. The van der Waals surface area contributed by atoms with Gasteiger partial charge >= 0.3 is 0 Å². The lowest BCUT2D eigenvalue weighted by molar-refractivity contribution is -0.125. The first kappa shape index (κ1) is 21.2. The summed E-state index contributed by atoms with van der Waals surface area (Å²) >= 11 is 0. The maximum absolute atomic E-state index is 11.6. The van der Waals surface area contributed by atoms with Gasteiger partial charge in [-0.3, -0.25) is 9.69 Å². The zero-order valence-electron chi connectivity index (χ0n) is 12.2. The van der Waals surface area contributed by atoms with Crippen molar-refractivity contribution in [2.45, 2.75) is 38.8 Å². The van der Waals surface area contributed by atoms with Gasteiger partial charge in [-0.1, -0.05) is 0 Å². The van der Waals surface area contributed by atoms with E-state index in [4.69, 9.17) is 10.5 Å². The summed E-state index contributed by atoms with van der Waals surface area (Å²) < 4.78 is 5.63. The van der Waals surface area contributed by atoms with Gasteiger partial charge in [0.05, 0.1) is 17.7 Å². The van der Waals surface area contributed by atoms with Crippen LogP contribution in [0.4, 0.5) is 0 Å². The zero-order valence-corrected chi connectivity index (χ0v) is 13.8. The van der Waals surface area contributed by atoms with Crippen molar-refractivity contribution in [3.63, 3.8) is 0 Å². The third kappa shape index (κ3) is 7.95. The molecular formula is C12H27Cl2N3O2. The molecular weight excluding hydrogens is 289 g/mol. The molecule has 0 aromatic heterocycles. The van der Waals surface area contributed by atoms with Crippen molar-refractivity contribution in [2.24, 2.45) is 5.73 Å². The van der Waals surface area contributed by atoms with Gasteiger partial charge in [-0.2, -0.15) is 0 Å². The van der Waals surface area contributed by atoms with Gasteiger partial charge in [0.25, 0.3) is 0 Å². The minimum absolute atomic E-state index is 0. The van der Waals surface area contributed by atoms with Crippen LogP contribution in [0.15, 0.2) is 0 Å². The summed E-state index contributed by atoms with van der Waals surface area (Å²) in [7, 11) is 0. The van der Waals surface area contributed by atoms with Gasteiger partial charge < -0.3 is 15.8 Å². The maximum atomic E-state index is 11.6. The molecule has 0 saturated carbocycles. The van der Waals surface area contributed by atoms with Crippen LogP contribution in [0.25, 0.3) is 0 Å². The highest BCUT2D eigenvalue weighted by Crippen LogP contribution is 2.15. The molecule has 0 aliphatic carbocycles. The average molecular weight is 316 g/mol. The summed E-state index contributed by atoms with van der Waals surface area (Å²) in [5.41, 5.74) is 4.81. The number of nitrogens with zero attached hydrogens (tertiary/aromatic N) is 1. The number of carbonyl (C=O) groups is 1. The molecule has 1 aliphatic heterocycles. The van der Waals surface area contributed by atoms with Crippen LogP contribution in [0.3, 0.4) is 0 Å². The van der Waals surface area contributed by atoms with E-state index in [9.17, 15) is 4.79 Å². The predicted octanol–water partition coefficient (Wildman–Crippen LogP) is 0.794. The molecule has 0 unspecified atom stereocenters. The molecule has 0 radical (unpaired) electrons. The smallest absolute Gasteiger partial charge is 0.239 e. The molecule has 1 rings (SSSR count). The molecule has 1 fully saturated rings. The van der Waals surface area contributed by atoms with E-state index in [0.717, 1.165) is 26.2 Å². The van der Waals surface area contributed by atoms with E-state index in [-0.39, 0.29) is 36.3 Å². The van der Waals surface area contributed by atoms with Gasteiger partial charge in [0, 0.05) is 26.2 Å². The van der Waals surface area contributed by atoms with E-state index >= 15 is 0 Å². The van der Waals surface area contributed by atoms with Crippen LogP contribution in [-0.4, -0.2) is 54.7 Å². The lowest BCUT2D eigenvalue weighted by Gasteiger charge is -2.38. The van der Waals surface area contributed by atoms with E-state index in [1.165, 1.54) is 0 Å². The monoisotopic (exact) mass is 315 g/mol. The van der Waals surface area contributed by atoms with Crippen molar-refractivity contribution in [1.29, 1.82) is 0 Å². The highest BCUT2D eigenvalue weighted by atomic mass is 35.5. The molecule has 1 heterocycles. The van der Waals surface area contributed by atoms with Gasteiger partial charge in [-0.15, -0.1) is 24.8 Å². The molecule has 0 spiro atoms. The van der Waals surface area contributed by atoms with E-state index in [0.29, 0.717) is 6.54 Å². The first-order chi connectivity index (χ1) is 7.71. The Bertz CT molecular complexity index is 281. The van der Waals surface area contributed by atoms with Crippen molar-refractivity contribution in [1.82, 2.24) is 10.2 Å². The quantitative estimate of drug-likeness (QED) is 0.805. The number of hydrogen-bond donors (Lipinski definition) is 2. The van der Waals surface area contributed by atoms with Crippen molar-refractivity contribution in [3.8, 4) is 0 Å². The molecule has 1 saturated heterocycles. The summed E-state index contributed by atoms with van der Waals surface area (Å²) in [6.07, 6.45) is 0. The fourth-order valence-electron chi connectivity index (χ4n) is 1.86. The minimum atomic E-state index is -0.801. The number of rotatable bonds is 4. The van der Waals surface area contributed by atoms with Crippen LogP contribution in [0.5, 0.6) is 0 Å². The van der Waals surface area contributed by atoms with Gasteiger partial charge in [-0.25, -0.2) is 0 Å². The Balaban J connectivity index is 0. The molecule has 0 atom stereocenters. The molecule has 1 aliphatic rings. The highest BCUT2D eigenvalue weighted by molar-refractivity contribution is 5.85. The minimum Gasteiger partial charge on any atom is -0.373 e. The van der Waals surface area contributed by atoms with E-state index in [1.54, 1.807) is 13.8 Å². The number of amides is 1. The summed E-state index contributed by atoms with van der Waals surface area (Å²) in [5.74, 6) is -0.106. The number of hydrogen-bond acceptors (Lipinski definition) is 4. The Morgan fingerprint density at radius 1 is 1.42 bits per heavy atom.